The number of amides is 1. The van der Waals surface area contributed by atoms with Crippen molar-refractivity contribution in [3.63, 3.8) is 0 Å². The molecule has 3 rings (SSSR count). The van der Waals surface area contributed by atoms with Gasteiger partial charge in [-0.2, -0.15) is 0 Å². The summed E-state index contributed by atoms with van der Waals surface area (Å²) in [7, 11) is -3.71. The summed E-state index contributed by atoms with van der Waals surface area (Å²) in [6.07, 6.45) is 1.40. The summed E-state index contributed by atoms with van der Waals surface area (Å²) in [5, 5.41) is 3.41. The van der Waals surface area contributed by atoms with E-state index < -0.39 is 22.0 Å². The number of rotatable bonds is 8. The van der Waals surface area contributed by atoms with E-state index in [1.165, 1.54) is 11.8 Å². The summed E-state index contributed by atoms with van der Waals surface area (Å²) in [4.78, 5) is 15.1. The predicted octanol–water partition coefficient (Wildman–Crippen LogP) is 5.67. The molecular formula is C23H23ClN2O3S2. The Bertz CT molecular complexity index is 1140. The van der Waals surface area contributed by atoms with Crippen LogP contribution in [0.2, 0.25) is 5.02 Å². The van der Waals surface area contributed by atoms with Crippen molar-refractivity contribution < 1.29 is 13.2 Å². The highest BCUT2D eigenvalue weighted by Gasteiger charge is 2.31. The zero-order valence-electron chi connectivity index (χ0n) is 17.2. The van der Waals surface area contributed by atoms with Crippen LogP contribution in [0.25, 0.3) is 0 Å². The summed E-state index contributed by atoms with van der Waals surface area (Å²) in [6, 6.07) is 22.8. The third-order valence-corrected chi connectivity index (χ3v) is 7.04. The van der Waals surface area contributed by atoms with Crippen LogP contribution >= 0.6 is 23.4 Å². The Balaban J connectivity index is 1.89. The van der Waals surface area contributed by atoms with Gasteiger partial charge in [0.2, 0.25) is 15.9 Å². The van der Waals surface area contributed by atoms with E-state index in [-0.39, 0.29) is 0 Å². The van der Waals surface area contributed by atoms with Crippen molar-refractivity contribution in [2.24, 2.45) is 0 Å². The molecule has 0 aromatic heterocycles. The Kier molecular flexibility index (Phi) is 7.64. The minimum atomic E-state index is -3.71. The molecule has 1 N–H and O–H groups in total. The molecule has 3 aromatic carbocycles. The molecule has 0 aliphatic carbocycles. The average Bonchev–Trinajstić information content (AvgIpc) is 2.74. The van der Waals surface area contributed by atoms with E-state index in [4.69, 9.17) is 11.6 Å². The second-order valence-electron chi connectivity index (χ2n) is 6.86. The first kappa shape index (κ1) is 23.2. The van der Waals surface area contributed by atoms with Gasteiger partial charge in [-0.1, -0.05) is 60.6 Å². The van der Waals surface area contributed by atoms with E-state index in [2.05, 4.69) is 5.32 Å². The maximum atomic E-state index is 13.2. The number of benzene rings is 3. The molecule has 162 valence electrons. The molecule has 1 amide bonds. The van der Waals surface area contributed by atoms with Crippen molar-refractivity contribution in [2.45, 2.75) is 29.2 Å². The monoisotopic (exact) mass is 474 g/mol. The topological polar surface area (TPSA) is 66.5 Å². The Morgan fingerprint density at radius 1 is 1.00 bits per heavy atom. The molecule has 0 unspecified atom stereocenters. The van der Waals surface area contributed by atoms with E-state index >= 15 is 0 Å². The first-order chi connectivity index (χ1) is 14.8. The molecule has 0 bridgehead atoms. The number of hydrogen-bond acceptors (Lipinski definition) is 4. The highest BCUT2D eigenvalue weighted by molar-refractivity contribution is 7.99. The van der Waals surface area contributed by atoms with Gasteiger partial charge >= 0.3 is 0 Å². The van der Waals surface area contributed by atoms with Crippen LogP contribution in [0.15, 0.2) is 88.7 Å². The van der Waals surface area contributed by atoms with Crippen molar-refractivity contribution >= 4 is 50.7 Å². The first-order valence-corrected chi connectivity index (χ1v) is 12.7. The highest BCUT2D eigenvalue weighted by atomic mass is 35.5. The second-order valence-corrected chi connectivity index (χ2v) is 10.3. The quantitative estimate of drug-likeness (QED) is 0.456. The third kappa shape index (κ3) is 6.03. The maximum absolute atomic E-state index is 13.2. The first-order valence-electron chi connectivity index (χ1n) is 9.67. The van der Waals surface area contributed by atoms with Crippen LogP contribution in [0.3, 0.4) is 0 Å². The fraction of sp³-hybridized carbons (Fsp3) is 0.174. The van der Waals surface area contributed by atoms with E-state index in [1.807, 2.05) is 54.6 Å². The number of sulfonamides is 1. The number of carbonyl (C=O) groups excluding carboxylic acids is 1. The number of carbonyl (C=O) groups is 1. The van der Waals surface area contributed by atoms with Gasteiger partial charge in [0.15, 0.2) is 0 Å². The minimum Gasteiger partial charge on any atom is -0.323 e. The van der Waals surface area contributed by atoms with Gasteiger partial charge in [-0.05, 0) is 55.0 Å². The van der Waals surface area contributed by atoms with Crippen molar-refractivity contribution in [3.05, 3.63) is 83.9 Å². The van der Waals surface area contributed by atoms with Crippen LogP contribution in [-0.4, -0.2) is 26.6 Å². The van der Waals surface area contributed by atoms with Crippen LogP contribution < -0.4 is 9.62 Å². The number of nitrogens with zero attached hydrogens (tertiary/aromatic N) is 1. The molecule has 0 saturated carbocycles. The molecule has 0 saturated heterocycles. The van der Waals surface area contributed by atoms with E-state index in [1.54, 1.807) is 31.2 Å². The molecule has 0 heterocycles. The van der Waals surface area contributed by atoms with E-state index in [0.717, 1.165) is 20.4 Å². The lowest BCUT2D eigenvalue weighted by molar-refractivity contribution is -0.117. The molecule has 8 heteroatoms. The van der Waals surface area contributed by atoms with Crippen LogP contribution in [0, 0.1) is 0 Å². The Morgan fingerprint density at radius 2 is 1.61 bits per heavy atom. The minimum absolute atomic E-state index is 0.301. The van der Waals surface area contributed by atoms with Gasteiger partial charge in [0, 0.05) is 14.8 Å². The van der Waals surface area contributed by atoms with Gasteiger partial charge in [-0.15, -0.1) is 0 Å². The number of anilines is 2. The summed E-state index contributed by atoms with van der Waals surface area (Å²) < 4.78 is 26.3. The van der Waals surface area contributed by atoms with Crippen molar-refractivity contribution in [1.82, 2.24) is 0 Å². The van der Waals surface area contributed by atoms with Gasteiger partial charge in [0.25, 0.3) is 0 Å². The van der Waals surface area contributed by atoms with Crippen molar-refractivity contribution in [1.29, 1.82) is 0 Å². The fourth-order valence-electron chi connectivity index (χ4n) is 3.14. The van der Waals surface area contributed by atoms with Crippen molar-refractivity contribution in [2.75, 3.05) is 15.9 Å². The fourth-order valence-corrected chi connectivity index (χ4v) is 5.40. The summed E-state index contributed by atoms with van der Waals surface area (Å²) in [6.45, 7) is 1.78. The van der Waals surface area contributed by atoms with E-state index in [0.29, 0.717) is 22.8 Å². The summed E-state index contributed by atoms with van der Waals surface area (Å²) >= 11 is 7.47. The second kappa shape index (κ2) is 10.2. The molecule has 0 radical (unpaired) electrons. The molecule has 5 nitrogen and oxygen atoms in total. The maximum Gasteiger partial charge on any atom is 0.248 e. The Hall–Kier alpha value is -2.48. The molecule has 3 aromatic rings. The smallest absolute Gasteiger partial charge is 0.248 e. The molecule has 0 aliphatic heterocycles. The Labute approximate surface area is 192 Å². The summed E-state index contributed by atoms with van der Waals surface area (Å²) in [5.74, 6) is -0.399. The number of para-hydroxylation sites is 1. The van der Waals surface area contributed by atoms with E-state index in [9.17, 15) is 13.2 Å². The molecule has 0 fully saturated rings. The lowest BCUT2D eigenvalue weighted by Gasteiger charge is -2.30. The molecule has 0 spiro atoms. The summed E-state index contributed by atoms with van der Waals surface area (Å²) in [5.41, 5.74) is 1.02. The van der Waals surface area contributed by atoms with Crippen LogP contribution in [0.1, 0.15) is 13.3 Å². The zero-order valence-corrected chi connectivity index (χ0v) is 19.5. The van der Waals surface area contributed by atoms with Gasteiger partial charge < -0.3 is 5.32 Å². The molecule has 0 aliphatic rings. The van der Waals surface area contributed by atoms with Gasteiger partial charge in [0.05, 0.1) is 17.6 Å². The third-order valence-electron chi connectivity index (χ3n) is 4.53. The van der Waals surface area contributed by atoms with Crippen LogP contribution in [0.5, 0.6) is 0 Å². The predicted molar refractivity (Wildman–Crippen MR) is 128 cm³/mol. The zero-order chi connectivity index (χ0) is 22.4. The van der Waals surface area contributed by atoms with Gasteiger partial charge in [0.1, 0.15) is 6.04 Å². The van der Waals surface area contributed by atoms with Gasteiger partial charge in [-0.3, -0.25) is 9.10 Å². The highest BCUT2D eigenvalue weighted by Crippen LogP contribution is 2.33. The van der Waals surface area contributed by atoms with Gasteiger partial charge in [-0.25, -0.2) is 8.42 Å². The lowest BCUT2D eigenvalue weighted by atomic mass is 10.2. The molecule has 31 heavy (non-hydrogen) atoms. The normalized spacial score (nSPS) is 12.2. The molecule has 1 atom stereocenters. The van der Waals surface area contributed by atoms with Crippen LogP contribution in [-0.2, 0) is 14.8 Å². The average molecular weight is 475 g/mol. The largest absolute Gasteiger partial charge is 0.323 e. The number of halogens is 1. The molecular weight excluding hydrogens is 452 g/mol. The van der Waals surface area contributed by atoms with Crippen molar-refractivity contribution in [3.8, 4) is 0 Å². The number of nitrogens with one attached hydrogen (secondary N) is 1. The standard InChI is InChI=1S/C23H23ClN2O3S2/c1-3-21(26(31(2,28)29)18-15-13-17(24)14-16-18)23(27)25-20-11-7-8-12-22(20)30-19-9-5-4-6-10-19/h4-16,21H,3H2,1-2H3,(H,25,27)/t21-/m0/s1. The Morgan fingerprint density at radius 3 is 2.23 bits per heavy atom. The number of hydrogen-bond donors (Lipinski definition) is 1. The lowest BCUT2D eigenvalue weighted by Crippen LogP contribution is -2.47. The van der Waals surface area contributed by atoms with Crippen LogP contribution in [0.4, 0.5) is 11.4 Å². The SMILES string of the molecule is CC[C@@H](C(=O)Nc1ccccc1Sc1ccccc1)N(c1ccc(Cl)cc1)S(C)(=O)=O.